The zero-order chi connectivity index (χ0) is 15.8. The molecule has 1 saturated carbocycles. The van der Waals surface area contributed by atoms with E-state index in [-0.39, 0.29) is 24.0 Å². The van der Waals surface area contributed by atoms with Crippen LogP contribution in [0, 0.1) is 17.8 Å². The number of ketones is 1. The Morgan fingerprint density at radius 1 is 1.24 bits per heavy atom. The number of hydrogen-bond acceptors (Lipinski definition) is 4. The Bertz CT molecular complexity index is 329. The van der Waals surface area contributed by atoms with Crippen molar-refractivity contribution < 1.29 is 19.8 Å². The number of aliphatic hydroxyl groups is 2. The standard InChI is InChI=1S/C17H30O4/c1-3-5-6-7-12(4-2)15(19)9-8-13-14(11-18)17(21)10-16(13)20/h11-14,16-17,20-21H,3-10H2,1-2H3. The molecule has 0 aromatic carbocycles. The third kappa shape index (κ3) is 5.19. The molecule has 0 spiro atoms. The fourth-order valence-corrected chi connectivity index (χ4v) is 3.44. The summed E-state index contributed by atoms with van der Waals surface area (Å²) in [6.07, 6.45) is 5.65. The van der Waals surface area contributed by atoms with Gasteiger partial charge in [-0.15, -0.1) is 0 Å². The minimum Gasteiger partial charge on any atom is -0.393 e. The maximum Gasteiger partial charge on any atom is 0.135 e. The number of carbonyl (C=O) groups excluding carboxylic acids is 2. The lowest BCUT2D eigenvalue weighted by atomic mass is 9.86. The molecule has 4 heteroatoms. The lowest BCUT2D eigenvalue weighted by Crippen LogP contribution is -2.25. The Balaban J connectivity index is 2.45. The number of carbonyl (C=O) groups is 2. The maximum atomic E-state index is 12.3. The molecule has 122 valence electrons. The van der Waals surface area contributed by atoms with Crippen LogP contribution in [0.3, 0.4) is 0 Å². The number of Topliss-reactive ketones (excluding diaryl/α,β-unsaturated/α-hetero) is 1. The van der Waals surface area contributed by atoms with Crippen LogP contribution in [-0.4, -0.2) is 34.5 Å². The maximum absolute atomic E-state index is 12.3. The van der Waals surface area contributed by atoms with Gasteiger partial charge in [0.05, 0.1) is 12.2 Å². The van der Waals surface area contributed by atoms with E-state index in [1.165, 1.54) is 0 Å². The average molecular weight is 298 g/mol. The Hall–Kier alpha value is -0.740. The van der Waals surface area contributed by atoms with Gasteiger partial charge in [0.25, 0.3) is 0 Å². The van der Waals surface area contributed by atoms with E-state index in [0.29, 0.717) is 12.8 Å². The molecule has 1 rings (SSSR count). The van der Waals surface area contributed by atoms with Gasteiger partial charge >= 0.3 is 0 Å². The van der Waals surface area contributed by atoms with Gasteiger partial charge in [-0.05, 0) is 25.2 Å². The molecule has 0 aromatic rings. The topological polar surface area (TPSA) is 74.6 Å². The van der Waals surface area contributed by atoms with Crippen molar-refractivity contribution in [3.05, 3.63) is 0 Å². The fourth-order valence-electron chi connectivity index (χ4n) is 3.44. The molecule has 0 amide bonds. The van der Waals surface area contributed by atoms with Gasteiger partial charge in [-0.1, -0.05) is 33.1 Å². The molecule has 5 unspecified atom stereocenters. The second kappa shape index (κ2) is 9.31. The first-order valence-electron chi connectivity index (χ1n) is 8.39. The predicted molar refractivity (Wildman–Crippen MR) is 81.8 cm³/mol. The molecule has 5 atom stereocenters. The Kier molecular flexibility index (Phi) is 8.12. The summed E-state index contributed by atoms with van der Waals surface area (Å²) in [7, 11) is 0. The molecule has 21 heavy (non-hydrogen) atoms. The summed E-state index contributed by atoms with van der Waals surface area (Å²) >= 11 is 0. The van der Waals surface area contributed by atoms with Crippen molar-refractivity contribution in [2.24, 2.45) is 17.8 Å². The van der Waals surface area contributed by atoms with E-state index in [1.807, 2.05) is 6.92 Å². The van der Waals surface area contributed by atoms with Crippen molar-refractivity contribution in [2.45, 2.75) is 77.4 Å². The van der Waals surface area contributed by atoms with Crippen LogP contribution in [0.4, 0.5) is 0 Å². The smallest absolute Gasteiger partial charge is 0.135 e. The third-order valence-electron chi connectivity index (χ3n) is 4.90. The monoisotopic (exact) mass is 298 g/mol. The van der Waals surface area contributed by atoms with Crippen LogP contribution in [0.15, 0.2) is 0 Å². The molecule has 0 aliphatic heterocycles. The molecule has 0 aromatic heterocycles. The summed E-state index contributed by atoms with van der Waals surface area (Å²) in [6.45, 7) is 4.19. The molecule has 1 fully saturated rings. The predicted octanol–water partition coefficient (Wildman–Crippen LogP) is 2.50. The van der Waals surface area contributed by atoms with Gasteiger partial charge in [-0.2, -0.15) is 0 Å². The Labute approximate surface area is 127 Å². The van der Waals surface area contributed by atoms with Crippen LogP contribution in [0.5, 0.6) is 0 Å². The van der Waals surface area contributed by atoms with E-state index in [0.717, 1.165) is 38.4 Å². The minimum absolute atomic E-state index is 0.106. The minimum atomic E-state index is -0.760. The highest BCUT2D eigenvalue weighted by Crippen LogP contribution is 2.35. The van der Waals surface area contributed by atoms with Crippen molar-refractivity contribution >= 4 is 12.1 Å². The zero-order valence-corrected chi connectivity index (χ0v) is 13.3. The summed E-state index contributed by atoms with van der Waals surface area (Å²) in [5, 5.41) is 19.6. The van der Waals surface area contributed by atoms with Crippen LogP contribution in [0.2, 0.25) is 0 Å². The van der Waals surface area contributed by atoms with E-state index >= 15 is 0 Å². The summed E-state index contributed by atoms with van der Waals surface area (Å²) in [6, 6.07) is 0. The molecular formula is C17H30O4. The van der Waals surface area contributed by atoms with Crippen LogP contribution >= 0.6 is 0 Å². The average Bonchev–Trinajstić information content (AvgIpc) is 2.74. The van der Waals surface area contributed by atoms with E-state index in [4.69, 9.17) is 0 Å². The van der Waals surface area contributed by atoms with Gasteiger partial charge in [-0.25, -0.2) is 0 Å². The van der Waals surface area contributed by atoms with Crippen LogP contribution in [-0.2, 0) is 9.59 Å². The summed E-state index contributed by atoms with van der Waals surface area (Å²) in [4.78, 5) is 23.3. The second-order valence-electron chi connectivity index (χ2n) is 6.35. The van der Waals surface area contributed by atoms with Gasteiger partial charge in [0.2, 0.25) is 0 Å². The van der Waals surface area contributed by atoms with Crippen LogP contribution < -0.4 is 0 Å². The van der Waals surface area contributed by atoms with Gasteiger partial charge in [0.15, 0.2) is 0 Å². The molecule has 1 aliphatic rings. The first kappa shape index (κ1) is 18.3. The second-order valence-corrected chi connectivity index (χ2v) is 6.35. The van der Waals surface area contributed by atoms with E-state index in [9.17, 15) is 19.8 Å². The van der Waals surface area contributed by atoms with E-state index in [1.54, 1.807) is 0 Å². The highest BCUT2D eigenvalue weighted by molar-refractivity contribution is 5.81. The molecule has 1 aliphatic carbocycles. The summed E-state index contributed by atoms with van der Waals surface area (Å²) in [5.74, 6) is -0.441. The molecule has 4 nitrogen and oxygen atoms in total. The molecular weight excluding hydrogens is 268 g/mol. The number of aldehydes is 1. The first-order chi connectivity index (χ1) is 10.0. The lowest BCUT2D eigenvalue weighted by molar-refractivity contribution is -0.124. The summed E-state index contributed by atoms with van der Waals surface area (Å²) in [5.41, 5.74) is 0. The van der Waals surface area contributed by atoms with Crippen LogP contribution in [0.25, 0.3) is 0 Å². The number of hydrogen-bond donors (Lipinski definition) is 2. The van der Waals surface area contributed by atoms with Gasteiger partial charge < -0.3 is 15.0 Å². The highest BCUT2D eigenvalue weighted by atomic mass is 16.3. The van der Waals surface area contributed by atoms with Crippen LogP contribution in [0.1, 0.15) is 65.2 Å². The quantitative estimate of drug-likeness (QED) is 0.480. The Morgan fingerprint density at radius 2 is 1.95 bits per heavy atom. The molecule has 2 N–H and O–H groups in total. The van der Waals surface area contributed by atoms with Crippen molar-refractivity contribution in [1.29, 1.82) is 0 Å². The lowest BCUT2D eigenvalue weighted by Gasteiger charge is -2.20. The number of unbranched alkanes of at least 4 members (excludes halogenated alkanes) is 2. The molecule has 0 bridgehead atoms. The largest absolute Gasteiger partial charge is 0.393 e. The summed E-state index contributed by atoms with van der Waals surface area (Å²) < 4.78 is 0. The first-order valence-corrected chi connectivity index (χ1v) is 8.39. The highest BCUT2D eigenvalue weighted by Gasteiger charge is 2.41. The van der Waals surface area contributed by atoms with Gasteiger partial charge in [0.1, 0.15) is 12.1 Å². The van der Waals surface area contributed by atoms with E-state index in [2.05, 4.69) is 6.92 Å². The molecule has 0 radical (unpaired) electrons. The van der Waals surface area contributed by atoms with Crippen molar-refractivity contribution in [3.63, 3.8) is 0 Å². The molecule has 0 heterocycles. The Morgan fingerprint density at radius 3 is 2.52 bits per heavy atom. The fraction of sp³-hybridized carbons (Fsp3) is 0.882. The number of rotatable bonds is 10. The number of aliphatic hydroxyl groups excluding tert-OH is 2. The van der Waals surface area contributed by atoms with Gasteiger partial charge in [0, 0.05) is 24.7 Å². The van der Waals surface area contributed by atoms with Crippen molar-refractivity contribution in [3.8, 4) is 0 Å². The normalized spacial score (nSPS) is 30.3. The molecule has 0 saturated heterocycles. The van der Waals surface area contributed by atoms with Crippen molar-refractivity contribution in [2.75, 3.05) is 0 Å². The third-order valence-corrected chi connectivity index (χ3v) is 4.90. The zero-order valence-electron chi connectivity index (χ0n) is 13.3. The van der Waals surface area contributed by atoms with E-state index < -0.39 is 18.1 Å². The van der Waals surface area contributed by atoms with Crippen molar-refractivity contribution in [1.82, 2.24) is 0 Å². The SMILES string of the molecule is CCCCCC(CC)C(=O)CCC1C(O)CC(O)C1C=O. The van der Waals surface area contributed by atoms with Gasteiger partial charge in [-0.3, -0.25) is 4.79 Å².